The second-order valence-corrected chi connectivity index (χ2v) is 9.46. The minimum absolute atomic E-state index is 0.0126. The van der Waals surface area contributed by atoms with E-state index in [0.717, 1.165) is 57.3 Å². The molecule has 180 valence electrons. The highest BCUT2D eigenvalue weighted by Gasteiger charge is 2.29. The maximum atomic E-state index is 13.4. The number of carbonyl (C=O) groups excluding carboxylic acids is 3. The molecule has 34 heavy (non-hydrogen) atoms. The molecule has 1 aliphatic carbocycles. The SMILES string of the molecule is O=C(Nc1ccc(N2CCN(C(=O)c3ccco3)CC2)c(C(=O)N2CCCC2)c1)C1CCCC1. The third-order valence-corrected chi connectivity index (χ3v) is 7.25. The molecule has 0 atom stereocenters. The van der Waals surface area contributed by atoms with E-state index in [1.165, 1.54) is 6.26 Å². The normalized spacial score (nSPS) is 19.0. The van der Waals surface area contributed by atoms with Gasteiger partial charge in [-0.25, -0.2) is 0 Å². The largest absolute Gasteiger partial charge is 0.459 e. The van der Waals surface area contributed by atoms with Gasteiger partial charge in [0.05, 0.1) is 11.8 Å². The number of nitrogens with one attached hydrogen (secondary N) is 1. The third-order valence-electron chi connectivity index (χ3n) is 7.25. The maximum absolute atomic E-state index is 13.4. The van der Waals surface area contributed by atoms with E-state index in [9.17, 15) is 14.4 Å². The van der Waals surface area contributed by atoms with Crippen molar-refractivity contribution in [3.63, 3.8) is 0 Å². The summed E-state index contributed by atoms with van der Waals surface area (Å²) in [4.78, 5) is 44.6. The van der Waals surface area contributed by atoms with E-state index in [1.54, 1.807) is 17.0 Å². The van der Waals surface area contributed by atoms with E-state index in [-0.39, 0.29) is 23.6 Å². The Balaban J connectivity index is 1.33. The highest BCUT2D eigenvalue weighted by atomic mass is 16.3. The molecule has 0 unspecified atom stereocenters. The Morgan fingerprint density at radius 1 is 0.824 bits per heavy atom. The van der Waals surface area contributed by atoms with Crippen molar-refractivity contribution in [3.8, 4) is 0 Å². The number of piperazine rings is 1. The molecule has 0 radical (unpaired) electrons. The van der Waals surface area contributed by atoms with Crippen molar-refractivity contribution in [1.29, 1.82) is 0 Å². The minimum Gasteiger partial charge on any atom is -0.459 e. The second kappa shape index (κ2) is 9.91. The van der Waals surface area contributed by atoms with E-state index in [4.69, 9.17) is 4.42 Å². The van der Waals surface area contributed by atoms with Gasteiger partial charge in [0.15, 0.2) is 5.76 Å². The fraction of sp³-hybridized carbons (Fsp3) is 0.500. The molecule has 1 saturated carbocycles. The van der Waals surface area contributed by atoms with E-state index < -0.39 is 0 Å². The highest BCUT2D eigenvalue weighted by molar-refractivity contribution is 6.02. The fourth-order valence-corrected chi connectivity index (χ4v) is 5.29. The monoisotopic (exact) mass is 464 g/mol. The molecule has 2 aliphatic heterocycles. The van der Waals surface area contributed by atoms with Gasteiger partial charge in [-0.3, -0.25) is 14.4 Å². The van der Waals surface area contributed by atoms with Crippen LogP contribution in [0.15, 0.2) is 41.0 Å². The number of nitrogens with zero attached hydrogens (tertiary/aromatic N) is 3. The van der Waals surface area contributed by atoms with Gasteiger partial charge in [0.1, 0.15) is 0 Å². The summed E-state index contributed by atoms with van der Waals surface area (Å²) in [6.45, 7) is 3.89. The van der Waals surface area contributed by atoms with Crippen molar-refractivity contribution in [2.45, 2.75) is 38.5 Å². The summed E-state index contributed by atoms with van der Waals surface area (Å²) in [5.74, 6) is 0.370. The summed E-state index contributed by atoms with van der Waals surface area (Å²) in [7, 11) is 0. The standard InChI is InChI=1S/C26H32N4O4/c31-24(19-6-1-2-7-19)27-20-9-10-22(21(18-20)25(32)29-11-3-4-12-29)28-13-15-30(16-14-28)26(33)23-8-5-17-34-23/h5,8-10,17-19H,1-4,6-7,11-16H2,(H,27,31). The molecule has 0 bridgehead atoms. The van der Waals surface area contributed by atoms with Gasteiger partial charge in [-0.05, 0) is 56.0 Å². The Morgan fingerprint density at radius 2 is 1.53 bits per heavy atom. The number of amides is 3. The Bertz CT molecular complexity index is 1030. The lowest BCUT2D eigenvalue weighted by Crippen LogP contribution is -2.49. The highest BCUT2D eigenvalue weighted by Crippen LogP contribution is 2.30. The molecule has 2 aromatic rings. The van der Waals surface area contributed by atoms with Gasteiger partial charge in [-0.15, -0.1) is 0 Å². The first-order valence-electron chi connectivity index (χ1n) is 12.4. The van der Waals surface area contributed by atoms with Gasteiger partial charge in [0.25, 0.3) is 11.8 Å². The number of rotatable bonds is 5. The molecule has 3 heterocycles. The van der Waals surface area contributed by atoms with Crippen LogP contribution in [-0.4, -0.2) is 66.8 Å². The summed E-state index contributed by atoms with van der Waals surface area (Å²) in [6, 6.07) is 9.07. The van der Waals surface area contributed by atoms with Gasteiger partial charge < -0.3 is 24.4 Å². The third kappa shape index (κ3) is 4.67. The van der Waals surface area contributed by atoms with Crippen molar-refractivity contribution in [3.05, 3.63) is 47.9 Å². The van der Waals surface area contributed by atoms with Crippen molar-refractivity contribution in [1.82, 2.24) is 9.80 Å². The van der Waals surface area contributed by atoms with Crippen LogP contribution in [0.4, 0.5) is 11.4 Å². The lowest BCUT2D eigenvalue weighted by Gasteiger charge is -2.37. The predicted molar refractivity (Wildman–Crippen MR) is 129 cm³/mol. The molecule has 8 heteroatoms. The number of benzene rings is 1. The fourth-order valence-electron chi connectivity index (χ4n) is 5.29. The number of hydrogen-bond acceptors (Lipinski definition) is 5. The zero-order chi connectivity index (χ0) is 23.5. The van der Waals surface area contributed by atoms with Crippen LogP contribution < -0.4 is 10.2 Å². The molecular weight excluding hydrogens is 432 g/mol. The number of likely N-dealkylation sites (tertiary alicyclic amines) is 1. The van der Waals surface area contributed by atoms with Crippen LogP contribution in [0.1, 0.15) is 59.4 Å². The van der Waals surface area contributed by atoms with Gasteiger partial charge in [0.2, 0.25) is 5.91 Å². The van der Waals surface area contributed by atoms with E-state index >= 15 is 0 Å². The van der Waals surface area contributed by atoms with Crippen LogP contribution in [0.2, 0.25) is 0 Å². The van der Waals surface area contributed by atoms with Crippen LogP contribution in [0.25, 0.3) is 0 Å². The number of furan rings is 1. The lowest BCUT2D eigenvalue weighted by molar-refractivity contribution is -0.119. The van der Waals surface area contributed by atoms with Crippen LogP contribution in [0, 0.1) is 5.92 Å². The Hall–Kier alpha value is -3.29. The first kappa shape index (κ1) is 22.5. The molecular formula is C26H32N4O4. The zero-order valence-corrected chi connectivity index (χ0v) is 19.5. The zero-order valence-electron chi connectivity index (χ0n) is 19.5. The van der Waals surface area contributed by atoms with Crippen molar-refractivity contribution < 1.29 is 18.8 Å². The Kier molecular flexibility index (Phi) is 6.56. The molecule has 3 amide bonds. The lowest BCUT2D eigenvalue weighted by atomic mass is 10.1. The molecule has 1 aromatic heterocycles. The Morgan fingerprint density at radius 3 is 2.21 bits per heavy atom. The number of anilines is 2. The number of hydrogen-bond donors (Lipinski definition) is 1. The van der Waals surface area contributed by atoms with E-state index in [0.29, 0.717) is 43.2 Å². The average Bonchev–Trinajstić information content (AvgIpc) is 3.66. The van der Waals surface area contributed by atoms with Crippen molar-refractivity contribution in [2.75, 3.05) is 49.5 Å². The van der Waals surface area contributed by atoms with Crippen LogP contribution in [0.3, 0.4) is 0 Å². The van der Waals surface area contributed by atoms with Crippen LogP contribution >= 0.6 is 0 Å². The predicted octanol–water partition coefficient (Wildman–Crippen LogP) is 3.61. The minimum atomic E-state index is -0.108. The van der Waals surface area contributed by atoms with E-state index in [1.807, 2.05) is 23.1 Å². The first-order valence-corrected chi connectivity index (χ1v) is 12.4. The van der Waals surface area contributed by atoms with Gasteiger partial charge in [-0.2, -0.15) is 0 Å². The van der Waals surface area contributed by atoms with Gasteiger partial charge in [-0.1, -0.05) is 12.8 Å². The molecule has 0 spiro atoms. The quantitative estimate of drug-likeness (QED) is 0.731. The number of carbonyl (C=O) groups is 3. The molecule has 8 nitrogen and oxygen atoms in total. The smallest absolute Gasteiger partial charge is 0.289 e. The Labute approximate surface area is 199 Å². The molecule has 5 rings (SSSR count). The summed E-state index contributed by atoms with van der Waals surface area (Å²) < 4.78 is 5.26. The maximum Gasteiger partial charge on any atom is 0.289 e. The van der Waals surface area contributed by atoms with Crippen LogP contribution in [-0.2, 0) is 4.79 Å². The molecule has 2 saturated heterocycles. The summed E-state index contributed by atoms with van der Waals surface area (Å²) in [5.41, 5.74) is 2.16. The summed E-state index contributed by atoms with van der Waals surface area (Å²) in [5, 5.41) is 3.05. The van der Waals surface area contributed by atoms with Gasteiger partial charge >= 0.3 is 0 Å². The van der Waals surface area contributed by atoms with Crippen LogP contribution in [0.5, 0.6) is 0 Å². The first-order chi connectivity index (χ1) is 16.6. The molecule has 1 aromatic carbocycles. The summed E-state index contributed by atoms with van der Waals surface area (Å²) in [6.07, 6.45) is 7.62. The summed E-state index contributed by atoms with van der Waals surface area (Å²) >= 11 is 0. The topological polar surface area (TPSA) is 86.1 Å². The van der Waals surface area contributed by atoms with Crippen molar-refractivity contribution in [2.24, 2.45) is 5.92 Å². The molecule has 3 aliphatic rings. The molecule has 3 fully saturated rings. The second-order valence-electron chi connectivity index (χ2n) is 9.46. The average molecular weight is 465 g/mol. The molecule has 1 N–H and O–H groups in total. The van der Waals surface area contributed by atoms with Crippen molar-refractivity contribution >= 4 is 29.1 Å². The van der Waals surface area contributed by atoms with E-state index in [2.05, 4.69) is 10.2 Å². The van der Waals surface area contributed by atoms with Gasteiger partial charge in [0, 0.05) is 56.6 Å².